The Labute approximate surface area is 199 Å². The fraction of sp³-hybridized carbons (Fsp3) is 0.625. The van der Waals surface area contributed by atoms with E-state index in [1.54, 1.807) is 0 Å². The normalized spacial score (nSPS) is 20.1. The quantitative estimate of drug-likeness (QED) is 0.453. The van der Waals surface area contributed by atoms with E-state index in [4.69, 9.17) is 29.3 Å². The van der Waals surface area contributed by atoms with Crippen molar-refractivity contribution in [2.24, 2.45) is 0 Å². The summed E-state index contributed by atoms with van der Waals surface area (Å²) in [7, 11) is 0. The number of aliphatic carboxylic acids is 2. The number of carbonyl (C=O) groups is 3. The molecule has 0 spiro atoms. The van der Waals surface area contributed by atoms with E-state index in [0.29, 0.717) is 24.3 Å². The lowest BCUT2D eigenvalue weighted by Crippen LogP contribution is -2.46. The number of nitrogens with zero attached hydrogens (tertiary/aromatic N) is 1. The van der Waals surface area contributed by atoms with Gasteiger partial charge in [-0.15, -0.1) is 0 Å². The molecule has 2 fully saturated rings. The maximum absolute atomic E-state index is 12.9. The van der Waals surface area contributed by atoms with Crippen LogP contribution in [0.1, 0.15) is 55.5 Å². The molecule has 10 nitrogen and oxygen atoms in total. The predicted octanol–water partition coefficient (Wildman–Crippen LogP) is 1.97. The summed E-state index contributed by atoms with van der Waals surface area (Å²) in [4.78, 5) is 33.6. The number of carboxylic acid groups (broad SMARTS) is 2. The van der Waals surface area contributed by atoms with Gasteiger partial charge in [-0.2, -0.15) is 0 Å². The molecule has 188 valence electrons. The zero-order valence-corrected chi connectivity index (χ0v) is 19.8. The minimum absolute atomic E-state index is 0.00757. The maximum Gasteiger partial charge on any atom is 0.414 e. The van der Waals surface area contributed by atoms with Gasteiger partial charge in [0.05, 0.1) is 18.3 Å². The summed E-state index contributed by atoms with van der Waals surface area (Å²) in [5.41, 5.74) is 2.89. The summed E-state index contributed by atoms with van der Waals surface area (Å²) in [6.45, 7) is 8.88. The smallest absolute Gasteiger partial charge is 0.414 e. The molecule has 3 aliphatic heterocycles. The first-order chi connectivity index (χ1) is 16.2. The number of ether oxygens (including phenoxy) is 2. The first-order valence-electron chi connectivity index (χ1n) is 11.9. The number of anilines is 1. The lowest BCUT2D eigenvalue weighted by atomic mass is 10.0. The zero-order chi connectivity index (χ0) is 24.7. The number of fused-ring (bicyclic) bond motifs is 1. The van der Waals surface area contributed by atoms with Crippen molar-refractivity contribution >= 4 is 23.5 Å². The Kier molecular flexibility index (Phi) is 9.12. The van der Waals surface area contributed by atoms with Gasteiger partial charge in [-0.3, -0.25) is 4.79 Å². The number of amides is 1. The molecule has 1 unspecified atom stereocenters. The Morgan fingerprint density at radius 2 is 1.79 bits per heavy atom. The van der Waals surface area contributed by atoms with Crippen LogP contribution >= 0.6 is 0 Å². The van der Waals surface area contributed by atoms with E-state index in [-0.39, 0.29) is 11.9 Å². The average molecular weight is 478 g/mol. The third-order valence-electron chi connectivity index (χ3n) is 6.14. The minimum atomic E-state index is -1.82. The maximum atomic E-state index is 12.9. The van der Waals surface area contributed by atoms with E-state index < -0.39 is 11.9 Å². The van der Waals surface area contributed by atoms with Crippen molar-refractivity contribution in [1.29, 1.82) is 0 Å². The highest BCUT2D eigenvalue weighted by atomic mass is 16.5. The Morgan fingerprint density at radius 3 is 2.38 bits per heavy atom. The van der Waals surface area contributed by atoms with Crippen LogP contribution in [0, 0.1) is 0 Å². The fourth-order valence-corrected chi connectivity index (χ4v) is 4.52. The summed E-state index contributed by atoms with van der Waals surface area (Å²) < 4.78 is 11.6. The molecule has 0 aromatic heterocycles. The molecule has 2 saturated heterocycles. The molecular weight excluding hydrogens is 442 g/mol. The largest absolute Gasteiger partial charge is 0.492 e. The second kappa shape index (κ2) is 12.0. The summed E-state index contributed by atoms with van der Waals surface area (Å²) in [5, 5.41) is 21.5. The summed E-state index contributed by atoms with van der Waals surface area (Å²) in [6.07, 6.45) is 5.62. The molecule has 1 aromatic rings. The highest BCUT2D eigenvalue weighted by Gasteiger charge is 2.28. The van der Waals surface area contributed by atoms with Gasteiger partial charge in [0, 0.05) is 56.0 Å². The number of nitrogens with one attached hydrogen (secondary N) is 2. The molecular formula is C24H35N3O7. The standard InChI is InChI=1S/C22H33N3O3.C2H2O4/c1-15(2)23-20-6-5-19(21-18(20)9-13-28-21)22(26)24-16-7-10-25(11-8-16)14-17-4-3-12-27-17;3-1(4)2(5)6/h5-6,15-17,23H,3-4,7-14H2,1-2H3,(H,24,26);(H,3,4)(H,5,6). The summed E-state index contributed by atoms with van der Waals surface area (Å²) in [5.74, 6) is -2.89. The molecule has 0 aliphatic carbocycles. The van der Waals surface area contributed by atoms with Gasteiger partial charge in [-0.1, -0.05) is 0 Å². The van der Waals surface area contributed by atoms with E-state index >= 15 is 0 Å². The molecule has 3 heterocycles. The van der Waals surface area contributed by atoms with Crippen LogP contribution in [0.3, 0.4) is 0 Å². The molecule has 1 atom stereocenters. The Bertz CT molecular complexity index is 864. The van der Waals surface area contributed by atoms with Crippen molar-refractivity contribution in [3.05, 3.63) is 23.3 Å². The second-order valence-corrected chi connectivity index (χ2v) is 9.16. The van der Waals surface area contributed by atoms with Crippen molar-refractivity contribution < 1.29 is 34.1 Å². The third kappa shape index (κ3) is 7.07. The molecule has 4 rings (SSSR count). The number of likely N-dealkylation sites (tertiary alicyclic amines) is 1. The number of carboxylic acids is 2. The summed E-state index contributed by atoms with van der Waals surface area (Å²) in [6, 6.07) is 4.51. The molecule has 4 N–H and O–H groups in total. The van der Waals surface area contributed by atoms with E-state index in [1.165, 1.54) is 12.8 Å². The SMILES string of the molecule is CC(C)Nc1ccc(C(=O)NC2CCN(CC3CCCO3)CC2)c2c1CCO2.O=C(O)C(=O)O. The number of piperidine rings is 1. The average Bonchev–Trinajstić information content (AvgIpc) is 3.48. The molecule has 3 aliphatic rings. The van der Waals surface area contributed by atoms with Crippen LogP contribution in [0.4, 0.5) is 5.69 Å². The highest BCUT2D eigenvalue weighted by molar-refractivity contribution is 6.27. The number of hydrogen-bond acceptors (Lipinski definition) is 7. The molecule has 1 aromatic carbocycles. The number of rotatable bonds is 6. The highest BCUT2D eigenvalue weighted by Crippen LogP contribution is 2.36. The van der Waals surface area contributed by atoms with Crippen LogP contribution < -0.4 is 15.4 Å². The first kappa shape index (κ1) is 25.8. The Hall–Kier alpha value is -2.85. The van der Waals surface area contributed by atoms with Crippen LogP contribution in [0.2, 0.25) is 0 Å². The molecule has 10 heteroatoms. The van der Waals surface area contributed by atoms with E-state index in [2.05, 4.69) is 29.4 Å². The Balaban J connectivity index is 0.000000481. The fourth-order valence-electron chi connectivity index (χ4n) is 4.52. The minimum Gasteiger partial charge on any atom is -0.492 e. The van der Waals surface area contributed by atoms with Crippen molar-refractivity contribution in [2.75, 3.05) is 38.2 Å². The van der Waals surface area contributed by atoms with Gasteiger partial charge < -0.3 is 35.2 Å². The third-order valence-corrected chi connectivity index (χ3v) is 6.14. The van der Waals surface area contributed by atoms with Gasteiger partial charge >= 0.3 is 11.9 Å². The molecule has 0 saturated carbocycles. The van der Waals surface area contributed by atoms with Gasteiger partial charge in [0.2, 0.25) is 0 Å². The molecule has 0 bridgehead atoms. The van der Waals surface area contributed by atoms with Crippen molar-refractivity contribution in [1.82, 2.24) is 10.2 Å². The number of carbonyl (C=O) groups excluding carboxylic acids is 1. The van der Waals surface area contributed by atoms with E-state index in [9.17, 15) is 4.79 Å². The topological polar surface area (TPSA) is 137 Å². The molecule has 34 heavy (non-hydrogen) atoms. The van der Waals surface area contributed by atoms with Crippen molar-refractivity contribution in [3.63, 3.8) is 0 Å². The van der Waals surface area contributed by atoms with Crippen LogP contribution in [-0.2, 0) is 20.7 Å². The van der Waals surface area contributed by atoms with Gasteiger partial charge in [-0.05, 0) is 51.7 Å². The Morgan fingerprint density at radius 1 is 1.09 bits per heavy atom. The van der Waals surface area contributed by atoms with E-state index in [0.717, 1.165) is 62.5 Å². The molecule has 0 radical (unpaired) electrons. The van der Waals surface area contributed by atoms with Gasteiger partial charge in [0.1, 0.15) is 5.75 Å². The number of hydrogen-bond donors (Lipinski definition) is 4. The predicted molar refractivity (Wildman–Crippen MR) is 126 cm³/mol. The lowest BCUT2D eigenvalue weighted by Gasteiger charge is -2.33. The van der Waals surface area contributed by atoms with Gasteiger partial charge in [0.25, 0.3) is 5.91 Å². The second-order valence-electron chi connectivity index (χ2n) is 9.16. The van der Waals surface area contributed by atoms with Gasteiger partial charge in [0.15, 0.2) is 0 Å². The lowest BCUT2D eigenvalue weighted by molar-refractivity contribution is -0.159. The van der Waals surface area contributed by atoms with Crippen LogP contribution in [-0.4, -0.2) is 84.0 Å². The van der Waals surface area contributed by atoms with E-state index in [1.807, 2.05) is 12.1 Å². The number of benzene rings is 1. The van der Waals surface area contributed by atoms with Crippen molar-refractivity contribution in [3.8, 4) is 5.75 Å². The van der Waals surface area contributed by atoms with Crippen LogP contribution in [0.25, 0.3) is 0 Å². The van der Waals surface area contributed by atoms with Gasteiger partial charge in [-0.25, -0.2) is 9.59 Å². The van der Waals surface area contributed by atoms with Crippen LogP contribution in [0.15, 0.2) is 12.1 Å². The van der Waals surface area contributed by atoms with Crippen molar-refractivity contribution in [2.45, 2.75) is 64.1 Å². The zero-order valence-electron chi connectivity index (χ0n) is 19.8. The monoisotopic (exact) mass is 477 g/mol. The molecule has 1 amide bonds. The summed E-state index contributed by atoms with van der Waals surface area (Å²) >= 11 is 0. The van der Waals surface area contributed by atoms with Crippen LogP contribution in [0.5, 0.6) is 5.75 Å². The first-order valence-corrected chi connectivity index (χ1v) is 11.9.